The first-order valence-corrected chi connectivity index (χ1v) is 11.4. The molecule has 0 aliphatic carbocycles. The molecule has 0 heterocycles. The van der Waals surface area contributed by atoms with Crippen LogP contribution in [-0.2, 0) is 21.4 Å². The van der Waals surface area contributed by atoms with Crippen molar-refractivity contribution in [2.45, 2.75) is 25.3 Å². The molecule has 0 fully saturated rings. The molecule has 1 amide bonds. The number of anilines is 1. The summed E-state index contributed by atoms with van der Waals surface area (Å²) in [6.45, 7) is 3.86. The molecule has 0 aliphatic heterocycles. The smallest absolute Gasteiger partial charge is 0.262 e. The molecule has 0 bridgehead atoms. The maximum Gasteiger partial charge on any atom is 0.262 e. The Morgan fingerprint density at radius 3 is 2.39 bits per heavy atom. The lowest BCUT2D eigenvalue weighted by Gasteiger charge is -2.12. The van der Waals surface area contributed by atoms with Crippen LogP contribution in [-0.4, -0.2) is 20.9 Å². The number of halogens is 1. The predicted molar refractivity (Wildman–Crippen MR) is 122 cm³/mol. The molecule has 3 rings (SSSR count). The third-order valence-electron chi connectivity index (χ3n) is 4.67. The minimum Gasteiger partial charge on any atom is -0.482 e. The molecule has 0 saturated heterocycles. The zero-order valence-corrected chi connectivity index (χ0v) is 18.8. The van der Waals surface area contributed by atoms with Gasteiger partial charge in [-0.1, -0.05) is 48.0 Å². The monoisotopic (exact) mass is 458 g/mol. The van der Waals surface area contributed by atoms with Crippen LogP contribution >= 0.6 is 11.6 Å². The number of carbonyl (C=O) groups excluding carboxylic acids is 1. The molecular formula is C23H23ClN2O4S. The Kier molecular flexibility index (Phi) is 7.33. The van der Waals surface area contributed by atoms with Crippen LogP contribution in [0.1, 0.15) is 16.7 Å². The van der Waals surface area contributed by atoms with E-state index >= 15 is 0 Å². The standard InChI is InChI=1S/C23H23ClN2O4S/c1-16-8-9-19(12-17(16)2)26-23(27)15-30-22-11-10-20(13-21(22)24)31(28,29)25-14-18-6-4-3-5-7-18/h3-13,25H,14-15H2,1-2H3,(H,26,27). The Hall–Kier alpha value is -2.87. The summed E-state index contributed by atoms with van der Waals surface area (Å²) in [5, 5.41) is 2.85. The van der Waals surface area contributed by atoms with Crippen molar-refractivity contribution in [3.05, 3.63) is 88.4 Å². The fraction of sp³-hybridized carbons (Fsp3) is 0.174. The van der Waals surface area contributed by atoms with E-state index in [2.05, 4.69) is 10.0 Å². The summed E-state index contributed by atoms with van der Waals surface area (Å²) in [4.78, 5) is 12.2. The van der Waals surface area contributed by atoms with E-state index in [0.717, 1.165) is 16.7 Å². The molecule has 3 aromatic rings. The van der Waals surface area contributed by atoms with Crippen LogP contribution in [0.5, 0.6) is 5.75 Å². The summed E-state index contributed by atoms with van der Waals surface area (Å²) < 4.78 is 33.0. The fourth-order valence-electron chi connectivity index (χ4n) is 2.78. The maximum atomic E-state index is 12.5. The van der Waals surface area contributed by atoms with Crippen molar-refractivity contribution >= 4 is 33.2 Å². The second kappa shape index (κ2) is 9.96. The van der Waals surface area contributed by atoms with Gasteiger partial charge in [0.1, 0.15) is 5.75 Å². The molecule has 6 nitrogen and oxygen atoms in total. The van der Waals surface area contributed by atoms with Gasteiger partial charge in [0.05, 0.1) is 9.92 Å². The second-order valence-electron chi connectivity index (χ2n) is 7.04. The largest absolute Gasteiger partial charge is 0.482 e. The van der Waals surface area contributed by atoms with Crippen molar-refractivity contribution < 1.29 is 17.9 Å². The lowest BCUT2D eigenvalue weighted by atomic mass is 10.1. The highest BCUT2D eigenvalue weighted by molar-refractivity contribution is 7.89. The van der Waals surface area contributed by atoms with Crippen LogP contribution in [0.15, 0.2) is 71.6 Å². The van der Waals surface area contributed by atoms with Gasteiger partial charge in [-0.15, -0.1) is 0 Å². The number of hydrogen-bond donors (Lipinski definition) is 2. The van der Waals surface area contributed by atoms with Crippen molar-refractivity contribution in [1.29, 1.82) is 0 Å². The third kappa shape index (κ3) is 6.30. The van der Waals surface area contributed by atoms with E-state index in [0.29, 0.717) is 5.69 Å². The normalized spacial score (nSPS) is 11.2. The minimum atomic E-state index is -3.75. The molecule has 31 heavy (non-hydrogen) atoms. The molecule has 2 N–H and O–H groups in total. The summed E-state index contributed by atoms with van der Waals surface area (Å²) >= 11 is 6.19. The second-order valence-corrected chi connectivity index (χ2v) is 9.21. The van der Waals surface area contributed by atoms with E-state index < -0.39 is 10.0 Å². The van der Waals surface area contributed by atoms with Gasteiger partial charge in [-0.05, 0) is 60.9 Å². The van der Waals surface area contributed by atoms with Gasteiger partial charge >= 0.3 is 0 Å². The summed E-state index contributed by atoms with van der Waals surface area (Å²) in [7, 11) is -3.75. The average Bonchev–Trinajstić information content (AvgIpc) is 2.75. The minimum absolute atomic E-state index is 0.0142. The van der Waals surface area contributed by atoms with E-state index in [1.807, 2.05) is 62.4 Å². The highest BCUT2D eigenvalue weighted by atomic mass is 35.5. The lowest BCUT2D eigenvalue weighted by molar-refractivity contribution is -0.118. The van der Waals surface area contributed by atoms with Gasteiger partial charge in [0.25, 0.3) is 5.91 Å². The number of nitrogens with one attached hydrogen (secondary N) is 2. The van der Waals surface area contributed by atoms with Crippen LogP contribution < -0.4 is 14.8 Å². The van der Waals surface area contributed by atoms with Crippen molar-refractivity contribution in [1.82, 2.24) is 4.72 Å². The molecule has 0 saturated carbocycles. The molecule has 3 aromatic carbocycles. The summed E-state index contributed by atoms with van der Waals surface area (Å²) in [5.74, 6) is -0.126. The number of amides is 1. The molecule has 8 heteroatoms. The Bertz CT molecular complexity index is 1180. The number of ether oxygens (including phenoxy) is 1. The zero-order chi connectivity index (χ0) is 22.4. The molecular weight excluding hydrogens is 436 g/mol. The fourth-order valence-corrected chi connectivity index (χ4v) is 4.13. The van der Waals surface area contributed by atoms with Crippen molar-refractivity contribution in [3.63, 3.8) is 0 Å². The van der Waals surface area contributed by atoms with Crippen molar-refractivity contribution in [2.24, 2.45) is 0 Å². The first kappa shape index (κ1) is 22.8. The molecule has 0 aliphatic rings. The highest BCUT2D eigenvalue weighted by Crippen LogP contribution is 2.27. The van der Waals surface area contributed by atoms with Gasteiger partial charge in [-0.2, -0.15) is 0 Å². The van der Waals surface area contributed by atoms with Gasteiger partial charge in [-0.3, -0.25) is 4.79 Å². The molecule has 0 spiro atoms. The van der Waals surface area contributed by atoms with Crippen molar-refractivity contribution in [3.8, 4) is 5.75 Å². The van der Waals surface area contributed by atoms with E-state index in [4.69, 9.17) is 16.3 Å². The van der Waals surface area contributed by atoms with Crippen LogP contribution in [0.25, 0.3) is 0 Å². The molecule has 0 radical (unpaired) electrons. The quantitative estimate of drug-likeness (QED) is 0.522. The average molecular weight is 459 g/mol. The summed E-state index contributed by atoms with van der Waals surface area (Å²) in [5.41, 5.74) is 3.72. The van der Waals surface area contributed by atoms with Crippen LogP contribution in [0.4, 0.5) is 5.69 Å². The number of benzene rings is 3. The third-order valence-corrected chi connectivity index (χ3v) is 6.37. The number of hydrogen-bond acceptors (Lipinski definition) is 4. The number of carbonyl (C=O) groups is 1. The Labute approximate surface area is 187 Å². The SMILES string of the molecule is Cc1ccc(NC(=O)COc2ccc(S(=O)(=O)NCc3ccccc3)cc2Cl)cc1C. The molecule has 0 aromatic heterocycles. The van der Waals surface area contributed by atoms with Crippen LogP contribution in [0.3, 0.4) is 0 Å². The number of rotatable bonds is 8. The molecule has 0 atom stereocenters. The summed E-state index contributed by atoms with van der Waals surface area (Å²) in [6, 6.07) is 18.9. The van der Waals surface area contributed by atoms with E-state index in [9.17, 15) is 13.2 Å². The van der Waals surface area contributed by atoms with Gasteiger partial charge in [0.15, 0.2) is 6.61 Å². The van der Waals surface area contributed by atoms with E-state index in [1.54, 1.807) is 0 Å². The topological polar surface area (TPSA) is 84.5 Å². The van der Waals surface area contributed by atoms with Crippen LogP contribution in [0, 0.1) is 13.8 Å². The van der Waals surface area contributed by atoms with Gasteiger partial charge in [-0.25, -0.2) is 13.1 Å². The van der Waals surface area contributed by atoms with Gasteiger partial charge < -0.3 is 10.1 Å². The first-order valence-electron chi connectivity index (χ1n) is 9.57. The number of sulfonamides is 1. The zero-order valence-electron chi connectivity index (χ0n) is 17.2. The Morgan fingerprint density at radius 2 is 1.71 bits per heavy atom. The lowest BCUT2D eigenvalue weighted by Crippen LogP contribution is -2.23. The van der Waals surface area contributed by atoms with Crippen molar-refractivity contribution in [2.75, 3.05) is 11.9 Å². The summed E-state index contributed by atoms with van der Waals surface area (Å²) in [6.07, 6.45) is 0. The Morgan fingerprint density at radius 1 is 0.968 bits per heavy atom. The van der Waals surface area contributed by atoms with Gasteiger partial charge in [0, 0.05) is 12.2 Å². The molecule has 162 valence electrons. The maximum absolute atomic E-state index is 12.5. The van der Waals surface area contributed by atoms with E-state index in [1.165, 1.54) is 18.2 Å². The Balaban J connectivity index is 1.59. The van der Waals surface area contributed by atoms with E-state index in [-0.39, 0.29) is 34.7 Å². The van der Waals surface area contributed by atoms with Crippen LogP contribution in [0.2, 0.25) is 5.02 Å². The highest BCUT2D eigenvalue weighted by Gasteiger charge is 2.16. The first-order chi connectivity index (χ1) is 14.7. The molecule has 0 unspecified atom stereocenters. The van der Waals surface area contributed by atoms with Gasteiger partial charge in [0.2, 0.25) is 10.0 Å². The number of aryl methyl sites for hydroxylation is 2. The predicted octanol–water partition coefficient (Wildman–Crippen LogP) is 4.45.